The Kier molecular flexibility index (Phi) is 4.73. The van der Waals surface area contributed by atoms with Crippen LogP contribution in [0.1, 0.15) is 49.9 Å². The van der Waals surface area contributed by atoms with Gasteiger partial charge in [0, 0.05) is 5.75 Å². The van der Waals surface area contributed by atoms with Crippen LogP contribution < -0.4 is 0 Å². The summed E-state index contributed by atoms with van der Waals surface area (Å²) in [7, 11) is -0.424. The first-order chi connectivity index (χ1) is 9.68. The van der Waals surface area contributed by atoms with E-state index in [0.717, 1.165) is 15.9 Å². The molecule has 0 atom stereocenters. The third-order valence-corrected chi connectivity index (χ3v) is 5.49. The number of Topliss-reactive ketones (excluding diaryl/α,β-unsaturated/α-hetero) is 1. The molecule has 2 heterocycles. The van der Waals surface area contributed by atoms with E-state index in [2.05, 4.69) is 12.6 Å². The zero-order chi connectivity index (χ0) is 15.8. The van der Waals surface area contributed by atoms with Crippen LogP contribution in [0, 0.1) is 0 Å². The van der Waals surface area contributed by atoms with Crippen molar-refractivity contribution in [1.29, 1.82) is 0 Å². The van der Waals surface area contributed by atoms with Crippen LogP contribution in [0.3, 0.4) is 0 Å². The molecule has 0 radical (unpaired) electrons. The molecule has 6 heteroatoms. The van der Waals surface area contributed by atoms with Crippen molar-refractivity contribution in [3.05, 3.63) is 27.4 Å². The van der Waals surface area contributed by atoms with Gasteiger partial charge in [0.25, 0.3) is 0 Å². The molecule has 21 heavy (non-hydrogen) atoms. The zero-order valence-electron chi connectivity index (χ0n) is 13.1. The molecule has 1 aliphatic rings. The van der Waals surface area contributed by atoms with Crippen molar-refractivity contribution in [3.8, 4) is 0 Å². The Labute approximate surface area is 136 Å². The molecule has 0 N–H and O–H groups in total. The lowest BCUT2D eigenvalue weighted by Crippen LogP contribution is -2.41. The molecule has 1 fully saturated rings. The fourth-order valence-electron chi connectivity index (χ4n) is 2.10. The van der Waals surface area contributed by atoms with Crippen LogP contribution in [-0.2, 0) is 9.31 Å². The molecule has 3 nitrogen and oxygen atoms in total. The summed E-state index contributed by atoms with van der Waals surface area (Å²) in [6, 6.07) is 1.94. The standard InChI is InChI=1S/C15H21BO3S2/c1-10(17)13-11(6-7-21-13)8-12(9-20)16-18-14(2,3)15(4,5)19-16/h6-8,20H,9H2,1-5H3. The van der Waals surface area contributed by atoms with Crippen LogP contribution in [0.2, 0.25) is 0 Å². The number of ketones is 1. The van der Waals surface area contributed by atoms with Gasteiger partial charge in [0.05, 0.1) is 16.1 Å². The van der Waals surface area contributed by atoms with Crippen LogP contribution >= 0.6 is 24.0 Å². The Morgan fingerprint density at radius 1 is 1.33 bits per heavy atom. The van der Waals surface area contributed by atoms with Gasteiger partial charge >= 0.3 is 7.12 Å². The topological polar surface area (TPSA) is 35.5 Å². The van der Waals surface area contributed by atoms with Crippen LogP contribution in [0.5, 0.6) is 0 Å². The fourth-order valence-corrected chi connectivity index (χ4v) is 3.12. The molecule has 0 saturated carbocycles. The monoisotopic (exact) mass is 324 g/mol. The molecule has 0 unspecified atom stereocenters. The van der Waals surface area contributed by atoms with E-state index >= 15 is 0 Å². The van der Waals surface area contributed by atoms with Crippen molar-refractivity contribution < 1.29 is 14.1 Å². The van der Waals surface area contributed by atoms with Crippen LogP contribution in [0.25, 0.3) is 6.08 Å². The van der Waals surface area contributed by atoms with E-state index in [-0.39, 0.29) is 17.0 Å². The number of carbonyl (C=O) groups excluding carboxylic acids is 1. The average Bonchev–Trinajstić information content (AvgIpc) is 2.89. The molecule has 1 aromatic heterocycles. The summed E-state index contributed by atoms with van der Waals surface area (Å²) in [5, 5.41) is 1.92. The minimum atomic E-state index is -0.424. The van der Waals surface area contributed by atoms with Gasteiger partial charge in [0.1, 0.15) is 0 Å². The molecular weight excluding hydrogens is 303 g/mol. The minimum Gasteiger partial charge on any atom is -0.400 e. The number of thiol groups is 1. The fraction of sp³-hybridized carbons (Fsp3) is 0.533. The maximum Gasteiger partial charge on any atom is 0.491 e. The van der Waals surface area contributed by atoms with Crippen molar-refractivity contribution in [2.45, 2.75) is 45.8 Å². The summed E-state index contributed by atoms with van der Waals surface area (Å²) < 4.78 is 12.1. The highest BCUT2D eigenvalue weighted by molar-refractivity contribution is 7.80. The van der Waals surface area contributed by atoms with E-state index in [9.17, 15) is 4.79 Å². The van der Waals surface area contributed by atoms with Crippen LogP contribution in [0.4, 0.5) is 0 Å². The minimum absolute atomic E-state index is 0.0729. The summed E-state index contributed by atoms with van der Waals surface area (Å²) in [6.07, 6.45) is 1.96. The molecule has 0 aromatic carbocycles. The zero-order valence-corrected chi connectivity index (χ0v) is 14.8. The second kappa shape index (κ2) is 5.91. The van der Waals surface area contributed by atoms with Gasteiger partial charge in [0.2, 0.25) is 0 Å². The molecule has 1 saturated heterocycles. The van der Waals surface area contributed by atoms with Gasteiger partial charge in [-0.25, -0.2) is 0 Å². The van der Waals surface area contributed by atoms with E-state index in [1.54, 1.807) is 6.92 Å². The Hall–Kier alpha value is -0.555. The first-order valence-corrected chi connectivity index (χ1v) is 8.44. The van der Waals surface area contributed by atoms with E-state index in [1.807, 2.05) is 45.2 Å². The number of hydrogen-bond acceptors (Lipinski definition) is 5. The highest BCUT2D eigenvalue weighted by Crippen LogP contribution is 2.39. The molecule has 0 spiro atoms. The lowest BCUT2D eigenvalue weighted by Gasteiger charge is -2.32. The lowest BCUT2D eigenvalue weighted by molar-refractivity contribution is 0.00578. The third kappa shape index (κ3) is 3.28. The van der Waals surface area contributed by atoms with Gasteiger partial charge < -0.3 is 9.31 Å². The highest BCUT2D eigenvalue weighted by Gasteiger charge is 2.52. The first kappa shape index (κ1) is 16.8. The number of carbonyl (C=O) groups is 1. The van der Waals surface area contributed by atoms with E-state index in [4.69, 9.17) is 9.31 Å². The molecular formula is C15H21BO3S2. The van der Waals surface area contributed by atoms with Crippen LogP contribution in [0.15, 0.2) is 16.9 Å². The smallest absolute Gasteiger partial charge is 0.400 e. The van der Waals surface area contributed by atoms with Crippen molar-refractivity contribution in [2.24, 2.45) is 0 Å². The number of rotatable bonds is 4. The normalized spacial score (nSPS) is 20.9. The predicted octanol–water partition coefficient (Wildman–Crippen LogP) is 3.90. The number of hydrogen-bond donors (Lipinski definition) is 1. The van der Waals surface area contributed by atoms with Crippen LogP contribution in [-0.4, -0.2) is 29.9 Å². The molecule has 0 bridgehead atoms. The van der Waals surface area contributed by atoms with Gasteiger partial charge in [-0.3, -0.25) is 4.79 Å². The Morgan fingerprint density at radius 2 is 1.90 bits per heavy atom. The van der Waals surface area contributed by atoms with Gasteiger partial charge in [-0.1, -0.05) is 6.08 Å². The Balaban J connectivity index is 2.31. The highest BCUT2D eigenvalue weighted by atomic mass is 32.1. The predicted molar refractivity (Wildman–Crippen MR) is 92.2 cm³/mol. The summed E-state index contributed by atoms with van der Waals surface area (Å²) >= 11 is 5.84. The summed E-state index contributed by atoms with van der Waals surface area (Å²) in [5.74, 6) is 0.591. The third-order valence-electron chi connectivity index (χ3n) is 4.09. The van der Waals surface area contributed by atoms with E-state index < -0.39 is 7.12 Å². The van der Waals surface area contributed by atoms with E-state index in [0.29, 0.717) is 5.75 Å². The van der Waals surface area contributed by atoms with Gasteiger partial charge in [-0.2, -0.15) is 12.6 Å². The van der Waals surface area contributed by atoms with Crippen molar-refractivity contribution >= 4 is 42.9 Å². The summed E-state index contributed by atoms with van der Waals surface area (Å²) in [6.45, 7) is 9.67. The largest absolute Gasteiger partial charge is 0.491 e. The average molecular weight is 324 g/mol. The first-order valence-electron chi connectivity index (χ1n) is 6.93. The lowest BCUT2D eigenvalue weighted by atomic mass is 9.78. The number of thiophene rings is 1. The quantitative estimate of drug-likeness (QED) is 0.518. The molecule has 0 aliphatic carbocycles. The summed E-state index contributed by atoms with van der Waals surface area (Å²) in [4.78, 5) is 12.4. The maximum atomic E-state index is 11.6. The molecule has 2 rings (SSSR count). The van der Waals surface area contributed by atoms with Gasteiger partial charge in [-0.05, 0) is 57.1 Å². The SMILES string of the molecule is CC(=O)c1sccc1C=C(CS)B1OC(C)(C)C(C)(C)O1. The second-order valence-corrected chi connectivity index (χ2v) is 7.46. The molecule has 114 valence electrons. The van der Waals surface area contributed by atoms with Crippen molar-refractivity contribution in [1.82, 2.24) is 0 Å². The molecule has 1 aromatic rings. The Morgan fingerprint density at radius 3 is 2.38 bits per heavy atom. The molecule has 1 aliphatic heterocycles. The molecule has 0 amide bonds. The maximum absolute atomic E-state index is 11.6. The van der Waals surface area contributed by atoms with E-state index in [1.165, 1.54) is 11.3 Å². The van der Waals surface area contributed by atoms with Gasteiger partial charge in [0.15, 0.2) is 5.78 Å². The summed E-state index contributed by atoms with van der Waals surface area (Å²) in [5.41, 5.74) is 1.08. The van der Waals surface area contributed by atoms with Crippen molar-refractivity contribution in [2.75, 3.05) is 5.75 Å². The van der Waals surface area contributed by atoms with Gasteiger partial charge in [-0.15, -0.1) is 11.3 Å². The second-order valence-electron chi connectivity index (χ2n) is 6.23. The van der Waals surface area contributed by atoms with Crippen molar-refractivity contribution in [3.63, 3.8) is 0 Å². The Bertz CT molecular complexity index is 559.